The smallest absolute Gasteiger partial charge is 0.226 e. The minimum absolute atomic E-state index is 0.373. The number of aromatic nitrogens is 2. The third-order valence-corrected chi connectivity index (χ3v) is 2.50. The van der Waals surface area contributed by atoms with E-state index in [1.165, 1.54) is 6.33 Å². The second kappa shape index (κ2) is 4.07. The van der Waals surface area contributed by atoms with Crippen molar-refractivity contribution in [3.05, 3.63) is 17.8 Å². The largest absolute Gasteiger partial charge is 0.464 e. The monoisotopic (exact) mass is 204 g/mol. The maximum atomic E-state index is 5.40. The van der Waals surface area contributed by atoms with Crippen LogP contribution in [0.1, 0.15) is 6.92 Å². The van der Waals surface area contributed by atoms with Gasteiger partial charge in [-0.15, -0.1) is 17.3 Å². The fourth-order valence-corrected chi connectivity index (χ4v) is 1.78. The number of hydrogen-bond acceptors (Lipinski definition) is 4. The minimum Gasteiger partial charge on any atom is -0.464 e. The second-order valence-corrected chi connectivity index (χ2v) is 3.43. The number of fused-ring (bicyclic) bond motifs is 1. The summed E-state index contributed by atoms with van der Waals surface area (Å²) in [5.74, 6) is 6.20. The average Bonchev–Trinajstić information content (AvgIpc) is 2.67. The van der Waals surface area contributed by atoms with Crippen molar-refractivity contribution in [3.63, 3.8) is 0 Å². The Bertz CT molecular complexity index is 495. The molecule has 0 unspecified atom stereocenters. The Balaban J connectivity index is 2.30. The average molecular weight is 204 g/mol. The second-order valence-electron chi connectivity index (χ2n) is 2.53. The number of nitrogens with zero attached hydrogens (tertiary/aromatic N) is 2. The zero-order valence-corrected chi connectivity index (χ0v) is 8.47. The molecule has 0 fully saturated rings. The number of hydrogen-bond donors (Lipinski definition) is 0. The minimum atomic E-state index is 0.373. The molecule has 0 N–H and O–H groups in total. The molecule has 0 aliphatic carbocycles. The molecule has 0 aliphatic heterocycles. The lowest BCUT2D eigenvalue weighted by molar-refractivity contribution is 0.360. The summed E-state index contributed by atoms with van der Waals surface area (Å²) >= 11 is 1.57. The molecule has 0 saturated carbocycles. The molecule has 14 heavy (non-hydrogen) atoms. The van der Waals surface area contributed by atoms with Gasteiger partial charge in [0, 0.05) is 0 Å². The highest BCUT2D eigenvalue weighted by molar-refractivity contribution is 7.16. The van der Waals surface area contributed by atoms with Crippen LogP contribution < -0.4 is 4.74 Å². The highest BCUT2D eigenvalue weighted by Crippen LogP contribution is 2.25. The number of thiophene rings is 1. The molecule has 0 atom stereocenters. The molecule has 3 nitrogen and oxygen atoms in total. The molecular weight excluding hydrogens is 196 g/mol. The quantitative estimate of drug-likeness (QED) is 0.702. The lowest BCUT2D eigenvalue weighted by Gasteiger charge is -2.00. The van der Waals surface area contributed by atoms with Crippen molar-refractivity contribution in [2.45, 2.75) is 6.92 Å². The van der Waals surface area contributed by atoms with Gasteiger partial charge in [-0.2, -0.15) is 0 Å². The molecule has 0 amide bonds. The van der Waals surface area contributed by atoms with Crippen molar-refractivity contribution in [2.75, 3.05) is 6.61 Å². The van der Waals surface area contributed by atoms with Crippen LogP contribution in [-0.2, 0) is 0 Å². The first-order chi connectivity index (χ1) is 6.92. The van der Waals surface area contributed by atoms with E-state index >= 15 is 0 Å². The van der Waals surface area contributed by atoms with E-state index in [0.717, 1.165) is 10.2 Å². The van der Waals surface area contributed by atoms with E-state index in [9.17, 15) is 0 Å². The molecule has 2 rings (SSSR count). The molecule has 0 aromatic carbocycles. The first-order valence-corrected chi connectivity index (χ1v) is 5.00. The number of ether oxygens (including phenoxy) is 1. The van der Waals surface area contributed by atoms with Crippen molar-refractivity contribution < 1.29 is 4.74 Å². The summed E-state index contributed by atoms with van der Waals surface area (Å²) in [6, 6.07) is 1.95. The van der Waals surface area contributed by atoms with Crippen LogP contribution in [0.2, 0.25) is 0 Å². The molecule has 2 aromatic rings. The molecule has 0 bridgehead atoms. The van der Waals surface area contributed by atoms with Gasteiger partial charge in [0.15, 0.2) is 6.61 Å². The normalized spacial score (nSPS) is 9.50. The van der Waals surface area contributed by atoms with Crippen LogP contribution in [0.15, 0.2) is 17.8 Å². The molecule has 0 saturated heterocycles. The Labute approximate surface area is 85.8 Å². The van der Waals surface area contributed by atoms with Crippen LogP contribution in [0.5, 0.6) is 5.88 Å². The summed E-state index contributed by atoms with van der Waals surface area (Å²) in [6.45, 7) is 2.15. The van der Waals surface area contributed by atoms with Gasteiger partial charge < -0.3 is 4.74 Å². The maximum absolute atomic E-state index is 5.40. The van der Waals surface area contributed by atoms with E-state index < -0.39 is 0 Å². The highest BCUT2D eigenvalue weighted by atomic mass is 32.1. The van der Waals surface area contributed by atoms with Crippen LogP contribution in [0.25, 0.3) is 10.2 Å². The van der Waals surface area contributed by atoms with Crippen molar-refractivity contribution in [1.29, 1.82) is 0 Å². The summed E-state index contributed by atoms with van der Waals surface area (Å²) in [7, 11) is 0. The van der Waals surface area contributed by atoms with Crippen LogP contribution in [0.4, 0.5) is 0 Å². The lowest BCUT2D eigenvalue weighted by Crippen LogP contribution is -1.96. The fourth-order valence-electron chi connectivity index (χ4n) is 1.06. The molecule has 4 heteroatoms. The molecule has 0 aliphatic rings. The molecule has 2 heterocycles. The Hall–Kier alpha value is -1.60. The Morgan fingerprint density at radius 1 is 1.50 bits per heavy atom. The Morgan fingerprint density at radius 3 is 3.29 bits per heavy atom. The standard InChI is InChI=1S/C10H8N2OS/c1-2-3-5-13-9-8-4-6-14-10(8)12-7-11-9/h4,6-7H,5H2,1H3. The van der Waals surface area contributed by atoms with Gasteiger partial charge in [-0.05, 0) is 18.4 Å². The van der Waals surface area contributed by atoms with Crippen LogP contribution in [-0.4, -0.2) is 16.6 Å². The predicted molar refractivity (Wildman–Crippen MR) is 56.4 cm³/mol. The van der Waals surface area contributed by atoms with Crippen molar-refractivity contribution in [2.24, 2.45) is 0 Å². The Kier molecular flexibility index (Phi) is 2.61. The summed E-state index contributed by atoms with van der Waals surface area (Å²) < 4.78 is 5.40. The van der Waals surface area contributed by atoms with Gasteiger partial charge in [0.25, 0.3) is 0 Å². The van der Waals surface area contributed by atoms with Crippen LogP contribution in [0.3, 0.4) is 0 Å². The predicted octanol–water partition coefficient (Wildman–Crippen LogP) is 2.09. The molecule has 0 radical (unpaired) electrons. The van der Waals surface area contributed by atoms with Crippen LogP contribution >= 0.6 is 11.3 Å². The summed E-state index contributed by atoms with van der Waals surface area (Å²) in [4.78, 5) is 9.12. The van der Waals surface area contributed by atoms with Gasteiger partial charge in [-0.3, -0.25) is 0 Å². The van der Waals surface area contributed by atoms with E-state index in [4.69, 9.17) is 4.74 Å². The van der Waals surface area contributed by atoms with Gasteiger partial charge >= 0.3 is 0 Å². The zero-order valence-electron chi connectivity index (χ0n) is 7.65. The SMILES string of the molecule is CC#CCOc1ncnc2sccc12. The Morgan fingerprint density at radius 2 is 2.43 bits per heavy atom. The molecule has 2 aromatic heterocycles. The van der Waals surface area contributed by atoms with E-state index in [1.807, 2.05) is 11.4 Å². The number of rotatable bonds is 2. The molecular formula is C10H8N2OS. The summed E-state index contributed by atoms with van der Waals surface area (Å²) in [6.07, 6.45) is 1.51. The third-order valence-electron chi connectivity index (χ3n) is 1.68. The van der Waals surface area contributed by atoms with Crippen LogP contribution in [0, 0.1) is 11.8 Å². The summed E-state index contributed by atoms with van der Waals surface area (Å²) in [5.41, 5.74) is 0. The van der Waals surface area contributed by atoms with E-state index in [2.05, 4.69) is 21.8 Å². The van der Waals surface area contributed by atoms with Crippen molar-refractivity contribution in [1.82, 2.24) is 9.97 Å². The summed E-state index contributed by atoms with van der Waals surface area (Å²) in [5, 5.41) is 2.92. The fraction of sp³-hybridized carbons (Fsp3) is 0.200. The topological polar surface area (TPSA) is 35.0 Å². The highest BCUT2D eigenvalue weighted by Gasteiger charge is 2.04. The van der Waals surface area contributed by atoms with E-state index in [1.54, 1.807) is 18.3 Å². The lowest BCUT2D eigenvalue weighted by atomic mass is 10.4. The van der Waals surface area contributed by atoms with Gasteiger partial charge in [0.2, 0.25) is 5.88 Å². The first-order valence-electron chi connectivity index (χ1n) is 4.12. The van der Waals surface area contributed by atoms with Gasteiger partial charge in [0.05, 0.1) is 5.39 Å². The maximum Gasteiger partial charge on any atom is 0.226 e. The van der Waals surface area contributed by atoms with Crippen molar-refractivity contribution in [3.8, 4) is 17.7 Å². The first kappa shape index (κ1) is 8.97. The van der Waals surface area contributed by atoms with Gasteiger partial charge in [-0.25, -0.2) is 9.97 Å². The molecule has 0 spiro atoms. The van der Waals surface area contributed by atoms with Crippen molar-refractivity contribution >= 4 is 21.6 Å². The van der Waals surface area contributed by atoms with E-state index in [-0.39, 0.29) is 0 Å². The molecule has 70 valence electrons. The third kappa shape index (κ3) is 1.68. The van der Waals surface area contributed by atoms with E-state index in [0.29, 0.717) is 12.5 Å². The zero-order chi connectivity index (χ0) is 9.80. The van der Waals surface area contributed by atoms with Gasteiger partial charge in [0.1, 0.15) is 11.2 Å². The van der Waals surface area contributed by atoms with Gasteiger partial charge in [-0.1, -0.05) is 5.92 Å².